The van der Waals surface area contributed by atoms with Crippen molar-refractivity contribution in [2.75, 3.05) is 18.6 Å². The standard InChI is InChI=1S/C13H17N3O3/c1-3-19-9-13(17)12(8-14-18)16-15-11-7-5-4-6-10(11)2/h4-8,15,18H,3,9H2,1-2H3/b14-8+,16-12+. The first kappa shape index (κ1) is 14.8. The number of hydrogen-bond acceptors (Lipinski definition) is 6. The fraction of sp³-hybridized carbons (Fsp3) is 0.308. The highest BCUT2D eigenvalue weighted by Gasteiger charge is 2.10. The van der Waals surface area contributed by atoms with Crippen molar-refractivity contribution in [1.29, 1.82) is 0 Å². The average Bonchev–Trinajstić information content (AvgIpc) is 2.42. The summed E-state index contributed by atoms with van der Waals surface area (Å²) >= 11 is 0. The van der Waals surface area contributed by atoms with Crippen LogP contribution in [-0.4, -0.2) is 36.1 Å². The van der Waals surface area contributed by atoms with E-state index in [9.17, 15) is 4.79 Å². The van der Waals surface area contributed by atoms with E-state index in [2.05, 4.69) is 15.7 Å². The van der Waals surface area contributed by atoms with Gasteiger partial charge in [-0.2, -0.15) is 5.10 Å². The lowest BCUT2D eigenvalue weighted by atomic mass is 10.2. The molecule has 0 saturated carbocycles. The molecule has 1 rings (SSSR count). The molecule has 0 aliphatic heterocycles. The second-order valence-corrected chi connectivity index (χ2v) is 3.73. The molecule has 0 aromatic heterocycles. The first-order valence-electron chi connectivity index (χ1n) is 5.86. The summed E-state index contributed by atoms with van der Waals surface area (Å²) in [7, 11) is 0. The number of nitrogens with one attached hydrogen (secondary N) is 1. The predicted octanol–water partition coefficient (Wildman–Crippen LogP) is 1.83. The Hall–Kier alpha value is -2.21. The minimum atomic E-state index is -0.360. The summed E-state index contributed by atoms with van der Waals surface area (Å²) in [5.74, 6) is -0.360. The van der Waals surface area contributed by atoms with Crippen molar-refractivity contribution in [3.8, 4) is 0 Å². The van der Waals surface area contributed by atoms with Gasteiger partial charge < -0.3 is 9.94 Å². The third kappa shape index (κ3) is 4.89. The molecule has 0 unspecified atom stereocenters. The van der Waals surface area contributed by atoms with Gasteiger partial charge in [-0.3, -0.25) is 10.2 Å². The molecule has 0 aliphatic rings. The summed E-state index contributed by atoms with van der Waals surface area (Å²) in [6.45, 7) is 4.03. The quantitative estimate of drug-likeness (QED) is 0.446. The molecule has 0 radical (unpaired) electrons. The van der Waals surface area contributed by atoms with Crippen LogP contribution in [0.3, 0.4) is 0 Å². The van der Waals surface area contributed by atoms with Crippen molar-refractivity contribution >= 4 is 23.4 Å². The summed E-state index contributed by atoms with van der Waals surface area (Å²) in [6.07, 6.45) is 0.979. The number of oxime groups is 1. The Morgan fingerprint density at radius 3 is 2.84 bits per heavy atom. The molecule has 1 aromatic rings. The number of aryl methyl sites for hydroxylation is 1. The van der Waals surface area contributed by atoms with Crippen LogP contribution < -0.4 is 5.43 Å². The maximum absolute atomic E-state index is 11.7. The highest BCUT2D eigenvalue weighted by molar-refractivity contribution is 6.61. The molecular formula is C13H17N3O3. The largest absolute Gasteiger partial charge is 0.411 e. The zero-order valence-electron chi connectivity index (χ0n) is 11.0. The van der Waals surface area contributed by atoms with E-state index in [0.717, 1.165) is 17.5 Å². The van der Waals surface area contributed by atoms with Gasteiger partial charge in [-0.1, -0.05) is 23.4 Å². The highest BCUT2D eigenvalue weighted by atomic mass is 16.5. The molecule has 2 N–H and O–H groups in total. The number of ketones is 1. The Balaban J connectivity index is 2.79. The second-order valence-electron chi connectivity index (χ2n) is 3.73. The maximum Gasteiger partial charge on any atom is 0.210 e. The number of ether oxygens (including phenoxy) is 1. The molecule has 0 fully saturated rings. The fourth-order valence-corrected chi connectivity index (χ4v) is 1.31. The molecule has 102 valence electrons. The molecule has 0 heterocycles. The van der Waals surface area contributed by atoms with E-state index in [-0.39, 0.29) is 18.1 Å². The monoisotopic (exact) mass is 263 g/mol. The van der Waals surface area contributed by atoms with E-state index in [0.29, 0.717) is 6.61 Å². The summed E-state index contributed by atoms with van der Waals surface area (Å²) in [6, 6.07) is 7.51. The van der Waals surface area contributed by atoms with Crippen LogP contribution in [0.15, 0.2) is 34.5 Å². The molecule has 6 heteroatoms. The van der Waals surface area contributed by atoms with Crippen LogP contribution in [-0.2, 0) is 9.53 Å². The van der Waals surface area contributed by atoms with E-state index >= 15 is 0 Å². The number of para-hydroxylation sites is 1. The van der Waals surface area contributed by atoms with Crippen molar-refractivity contribution in [1.82, 2.24) is 0 Å². The lowest BCUT2D eigenvalue weighted by Gasteiger charge is -2.05. The lowest BCUT2D eigenvalue weighted by Crippen LogP contribution is -2.22. The number of benzene rings is 1. The van der Waals surface area contributed by atoms with Gasteiger partial charge in [-0.25, -0.2) is 0 Å². The van der Waals surface area contributed by atoms with E-state index in [1.165, 1.54) is 0 Å². The van der Waals surface area contributed by atoms with Crippen LogP contribution in [0.25, 0.3) is 0 Å². The van der Waals surface area contributed by atoms with Gasteiger partial charge in [0.2, 0.25) is 5.78 Å². The SMILES string of the molecule is CCOCC(=O)C(/C=N/O)=N/Nc1ccccc1C. The van der Waals surface area contributed by atoms with E-state index in [4.69, 9.17) is 9.94 Å². The number of hydrazone groups is 1. The van der Waals surface area contributed by atoms with Gasteiger partial charge in [0.1, 0.15) is 6.61 Å². The molecule has 6 nitrogen and oxygen atoms in total. The lowest BCUT2D eigenvalue weighted by molar-refractivity contribution is -0.116. The molecule has 0 bridgehead atoms. The average molecular weight is 263 g/mol. The fourth-order valence-electron chi connectivity index (χ4n) is 1.31. The summed E-state index contributed by atoms with van der Waals surface area (Å²) in [4.78, 5) is 11.7. The Kier molecular flexibility index (Phi) is 6.25. The zero-order chi connectivity index (χ0) is 14.1. The summed E-state index contributed by atoms with van der Waals surface area (Å²) < 4.78 is 5.00. The molecule has 0 spiro atoms. The maximum atomic E-state index is 11.7. The van der Waals surface area contributed by atoms with Crippen LogP contribution >= 0.6 is 0 Å². The number of rotatable bonds is 7. The Morgan fingerprint density at radius 2 is 2.21 bits per heavy atom. The summed E-state index contributed by atoms with van der Waals surface area (Å²) in [5, 5.41) is 15.3. The van der Waals surface area contributed by atoms with Gasteiger partial charge in [0.25, 0.3) is 0 Å². The zero-order valence-corrected chi connectivity index (χ0v) is 11.0. The van der Waals surface area contributed by atoms with Gasteiger partial charge in [-0.05, 0) is 25.5 Å². The number of anilines is 1. The van der Waals surface area contributed by atoms with Gasteiger partial charge in [0.05, 0.1) is 11.9 Å². The number of carbonyl (C=O) groups is 1. The van der Waals surface area contributed by atoms with Crippen molar-refractivity contribution in [2.45, 2.75) is 13.8 Å². The number of nitrogens with zero attached hydrogens (tertiary/aromatic N) is 2. The normalized spacial score (nSPS) is 11.8. The van der Waals surface area contributed by atoms with E-state index in [1.807, 2.05) is 31.2 Å². The van der Waals surface area contributed by atoms with E-state index in [1.54, 1.807) is 6.92 Å². The van der Waals surface area contributed by atoms with Crippen LogP contribution in [0, 0.1) is 6.92 Å². The number of Topliss-reactive ketones (excluding diaryl/α,β-unsaturated/α-hetero) is 1. The van der Waals surface area contributed by atoms with Gasteiger partial charge in [0.15, 0.2) is 5.71 Å². The van der Waals surface area contributed by atoms with Crippen molar-refractivity contribution in [2.24, 2.45) is 10.3 Å². The smallest absolute Gasteiger partial charge is 0.210 e. The van der Waals surface area contributed by atoms with E-state index < -0.39 is 0 Å². The second kappa shape index (κ2) is 7.99. The van der Waals surface area contributed by atoms with Gasteiger partial charge in [-0.15, -0.1) is 0 Å². The van der Waals surface area contributed by atoms with Crippen molar-refractivity contribution < 1.29 is 14.7 Å². The first-order valence-corrected chi connectivity index (χ1v) is 5.86. The van der Waals surface area contributed by atoms with Crippen molar-refractivity contribution in [3.05, 3.63) is 29.8 Å². The minimum absolute atomic E-state index is 0.000738. The summed E-state index contributed by atoms with van der Waals surface area (Å²) in [5.41, 5.74) is 4.53. The third-order valence-electron chi connectivity index (χ3n) is 2.34. The van der Waals surface area contributed by atoms with Crippen molar-refractivity contribution in [3.63, 3.8) is 0 Å². The number of carbonyl (C=O) groups excluding carboxylic acids is 1. The van der Waals surface area contributed by atoms with Crippen LogP contribution in [0.1, 0.15) is 12.5 Å². The Bertz CT molecular complexity index is 484. The molecule has 0 saturated heterocycles. The van der Waals surface area contributed by atoms with Crippen LogP contribution in [0.4, 0.5) is 5.69 Å². The predicted molar refractivity (Wildman–Crippen MR) is 74.0 cm³/mol. The molecule has 0 atom stereocenters. The Morgan fingerprint density at radius 1 is 1.47 bits per heavy atom. The highest BCUT2D eigenvalue weighted by Crippen LogP contribution is 2.12. The number of hydrogen-bond donors (Lipinski definition) is 2. The molecule has 0 aliphatic carbocycles. The van der Waals surface area contributed by atoms with Gasteiger partial charge in [0, 0.05) is 6.61 Å². The Labute approximate surface area is 111 Å². The molecule has 1 aromatic carbocycles. The molecule has 19 heavy (non-hydrogen) atoms. The third-order valence-corrected chi connectivity index (χ3v) is 2.34. The molecular weight excluding hydrogens is 246 g/mol. The topological polar surface area (TPSA) is 83.3 Å². The van der Waals surface area contributed by atoms with Crippen LogP contribution in [0.2, 0.25) is 0 Å². The van der Waals surface area contributed by atoms with Crippen LogP contribution in [0.5, 0.6) is 0 Å². The van der Waals surface area contributed by atoms with Gasteiger partial charge >= 0.3 is 0 Å². The molecule has 0 amide bonds. The first-order chi connectivity index (χ1) is 9.19. The minimum Gasteiger partial charge on any atom is -0.411 e.